The Bertz CT molecular complexity index is 1310. The van der Waals surface area contributed by atoms with Crippen molar-refractivity contribution in [2.45, 2.75) is 77.7 Å². The predicted molar refractivity (Wildman–Crippen MR) is 129 cm³/mol. The number of carbonyl (C=O) groups excluding carboxylic acids is 1. The third-order valence-electron chi connectivity index (χ3n) is 6.32. The van der Waals surface area contributed by atoms with Crippen LogP contribution in [0.4, 0.5) is 5.13 Å². The van der Waals surface area contributed by atoms with Crippen molar-refractivity contribution in [3.05, 3.63) is 48.7 Å². The first kappa shape index (κ1) is 22.0. The molecule has 3 heterocycles. The first-order chi connectivity index (χ1) is 15.9. The minimum Gasteiger partial charge on any atom is -0.298 e. The zero-order valence-corrected chi connectivity index (χ0v) is 19.9. The van der Waals surface area contributed by atoms with Gasteiger partial charge in [0.15, 0.2) is 10.8 Å². The highest BCUT2D eigenvalue weighted by atomic mass is 32.1. The number of rotatable bonds is 5. The van der Waals surface area contributed by atoms with Crippen molar-refractivity contribution in [2.75, 3.05) is 5.32 Å². The lowest BCUT2D eigenvalue weighted by Crippen LogP contribution is -2.33. The van der Waals surface area contributed by atoms with Crippen LogP contribution in [0.5, 0.6) is 0 Å². The Morgan fingerprint density at radius 1 is 1.18 bits per heavy atom. The third kappa shape index (κ3) is 4.51. The zero-order chi connectivity index (χ0) is 23.1. The summed E-state index contributed by atoms with van der Waals surface area (Å²) in [6, 6.07) is 1.72. The molecule has 1 amide bonds. The summed E-state index contributed by atoms with van der Waals surface area (Å²) in [6.45, 7) is 4.40. The molecule has 0 atom stereocenters. The van der Waals surface area contributed by atoms with Gasteiger partial charge in [-0.05, 0) is 50.5 Å². The number of pyridine rings is 1. The highest BCUT2D eigenvalue weighted by molar-refractivity contribution is 7.15. The topological polar surface area (TPSA) is 110 Å². The quantitative estimate of drug-likeness (QED) is 0.590. The van der Waals surface area contributed by atoms with E-state index in [0.717, 1.165) is 49.9 Å². The molecule has 0 saturated heterocycles. The number of amides is 1. The van der Waals surface area contributed by atoms with Crippen LogP contribution in [-0.2, 0) is 19.4 Å². The van der Waals surface area contributed by atoms with Gasteiger partial charge in [-0.1, -0.05) is 26.7 Å². The van der Waals surface area contributed by atoms with Gasteiger partial charge in [-0.3, -0.25) is 24.5 Å². The van der Waals surface area contributed by atoms with Crippen molar-refractivity contribution in [1.29, 1.82) is 0 Å². The van der Waals surface area contributed by atoms with Gasteiger partial charge >= 0.3 is 5.69 Å². The van der Waals surface area contributed by atoms with Gasteiger partial charge in [-0.2, -0.15) is 0 Å². The smallest absolute Gasteiger partial charge is 0.298 e. The summed E-state index contributed by atoms with van der Waals surface area (Å²) >= 11 is 1.53. The first-order valence-corrected chi connectivity index (χ1v) is 12.7. The minimum atomic E-state index is -0.582. The Labute approximate surface area is 195 Å². The molecule has 0 aromatic carbocycles. The number of hydrogen-bond donors (Lipinski definition) is 2. The predicted octanol–water partition coefficient (Wildman–Crippen LogP) is 3.99. The second-order valence-electron chi connectivity index (χ2n) is 9.59. The molecule has 3 aromatic rings. The zero-order valence-electron chi connectivity index (χ0n) is 19.1. The van der Waals surface area contributed by atoms with Crippen LogP contribution in [0, 0.1) is 5.92 Å². The fourth-order valence-corrected chi connectivity index (χ4v) is 5.56. The number of anilines is 1. The van der Waals surface area contributed by atoms with E-state index in [1.807, 2.05) is 13.8 Å². The van der Waals surface area contributed by atoms with Crippen LogP contribution in [0.25, 0.3) is 11.0 Å². The summed E-state index contributed by atoms with van der Waals surface area (Å²) < 4.78 is 1.49. The molecular weight excluding hydrogens is 438 g/mol. The van der Waals surface area contributed by atoms with Crippen molar-refractivity contribution >= 4 is 33.4 Å². The summed E-state index contributed by atoms with van der Waals surface area (Å²) in [7, 11) is 0. The van der Waals surface area contributed by atoms with Gasteiger partial charge < -0.3 is 0 Å². The molecule has 0 radical (unpaired) electrons. The van der Waals surface area contributed by atoms with E-state index in [4.69, 9.17) is 4.98 Å². The average molecular weight is 468 g/mol. The Morgan fingerprint density at radius 3 is 2.67 bits per heavy atom. The van der Waals surface area contributed by atoms with E-state index in [2.05, 4.69) is 15.3 Å². The second-order valence-corrected chi connectivity index (χ2v) is 10.7. The molecule has 2 aliphatic rings. The standard InChI is InChI=1S/C24H29N5O3S/c1-13(2)12-29-20-19(22(31)28-24(29)32)15(11-17(25-20)14-9-10-14)21(30)27-23-26-16-7-5-3-4-6-8-18(16)33-23/h11,13-14H,3-10,12H2,1-2H3,(H,26,27,30)(H,28,31,32). The Hall–Kier alpha value is -2.81. The number of nitrogens with zero attached hydrogens (tertiary/aromatic N) is 3. The van der Waals surface area contributed by atoms with Crippen LogP contribution >= 0.6 is 11.3 Å². The summed E-state index contributed by atoms with van der Waals surface area (Å²) in [4.78, 5) is 51.9. The van der Waals surface area contributed by atoms with E-state index in [9.17, 15) is 14.4 Å². The maximum Gasteiger partial charge on any atom is 0.330 e. The van der Waals surface area contributed by atoms with E-state index >= 15 is 0 Å². The lowest BCUT2D eigenvalue weighted by molar-refractivity contribution is 0.102. The molecule has 0 unspecified atom stereocenters. The number of hydrogen-bond acceptors (Lipinski definition) is 6. The van der Waals surface area contributed by atoms with Crippen molar-refractivity contribution in [1.82, 2.24) is 19.5 Å². The van der Waals surface area contributed by atoms with Crippen LogP contribution in [0.15, 0.2) is 15.7 Å². The van der Waals surface area contributed by atoms with Gasteiger partial charge in [-0.15, -0.1) is 11.3 Å². The van der Waals surface area contributed by atoms with Crippen molar-refractivity contribution in [3.63, 3.8) is 0 Å². The highest BCUT2D eigenvalue weighted by Gasteiger charge is 2.29. The van der Waals surface area contributed by atoms with Crippen molar-refractivity contribution in [3.8, 4) is 0 Å². The molecule has 0 bridgehead atoms. The summed E-state index contributed by atoms with van der Waals surface area (Å²) in [5, 5.41) is 3.66. The Kier molecular flexibility index (Phi) is 5.90. The van der Waals surface area contributed by atoms with Gasteiger partial charge in [0.2, 0.25) is 0 Å². The fourth-order valence-electron chi connectivity index (χ4n) is 4.52. The van der Waals surface area contributed by atoms with Crippen molar-refractivity contribution in [2.24, 2.45) is 5.92 Å². The molecular formula is C24H29N5O3S. The normalized spacial score (nSPS) is 16.5. The number of H-pyrrole nitrogens is 1. The number of aromatic nitrogens is 4. The van der Waals surface area contributed by atoms with Gasteiger partial charge in [0.25, 0.3) is 11.5 Å². The van der Waals surface area contributed by atoms with Crippen LogP contribution in [0.1, 0.15) is 84.9 Å². The van der Waals surface area contributed by atoms with Gasteiger partial charge in [-0.25, -0.2) is 14.8 Å². The first-order valence-electron chi connectivity index (χ1n) is 11.9. The van der Waals surface area contributed by atoms with Crippen LogP contribution in [0.3, 0.4) is 0 Å². The molecule has 174 valence electrons. The highest BCUT2D eigenvalue weighted by Crippen LogP contribution is 2.40. The molecule has 33 heavy (non-hydrogen) atoms. The van der Waals surface area contributed by atoms with E-state index in [0.29, 0.717) is 17.3 Å². The fraction of sp³-hybridized carbons (Fsp3) is 0.542. The largest absolute Gasteiger partial charge is 0.330 e. The number of fused-ring (bicyclic) bond motifs is 2. The number of aryl methyl sites for hydroxylation is 2. The molecule has 8 nitrogen and oxygen atoms in total. The van der Waals surface area contributed by atoms with E-state index in [1.54, 1.807) is 6.07 Å². The van der Waals surface area contributed by atoms with Gasteiger partial charge in [0.1, 0.15) is 0 Å². The van der Waals surface area contributed by atoms with Gasteiger partial charge in [0.05, 0.1) is 16.6 Å². The maximum absolute atomic E-state index is 13.4. The van der Waals surface area contributed by atoms with E-state index in [-0.39, 0.29) is 28.7 Å². The number of aromatic amines is 1. The summed E-state index contributed by atoms with van der Waals surface area (Å²) in [6.07, 6.45) is 8.63. The number of nitrogens with one attached hydrogen (secondary N) is 2. The molecule has 0 spiro atoms. The molecule has 2 N–H and O–H groups in total. The van der Waals surface area contributed by atoms with Crippen LogP contribution < -0.4 is 16.6 Å². The SMILES string of the molecule is CC(C)Cn1c(=O)[nH]c(=O)c2c(C(=O)Nc3nc4c(s3)CCCCCC4)cc(C3CC3)nc21. The van der Waals surface area contributed by atoms with Crippen molar-refractivity contribution < 1.29 is 4.79 Å². The lowest BCUT2D eigenvalue weighted by Gasteiger charge is -2.14. The molecule has 1 fully saturated rings. The number of carbonyl (C=O) groups is 1. The van der Waals surface area contributed by atoms with Gasteiger partial charge in [0, 0.05) is 23.0 Å². The van der Waals surface area contributed by atoms with Crippen LogP contribution in [-0.4, -0.2) is 25.4 Å². The van der Waals surface area contributed by atoms with E-state index in [1.165, 1.54) is 33.6 Å². The summed E-state index contributed by atoms with van der Waals surface area (Å²) in [5.41, 5.74) is 1.31. The second kappa shape index (κ2) is 8.85. The maximum atomic E-state index is 13.4. The van der Waals surface area contributed by atoms with E-state index < -0.39 is 11.2 Å². The molecule has 5 rings (SSSR count). The number of thiazole rings is 1. The third-order valence-corrected chi connectivity index (χ3v) is 7.40. The molecule has 9 heteroatoms. The average Bonchev–Trinajstić information content (AvgIpc) is 3.54. The molecule has 2 aliphatic carbocycles. The Balaban J connectivity index is 1.58. The molecule has 3 aromatic heterocycles. The minimum absolute atomic E-state index is 0.159. The van der Waals surface area contributed by atoms with Crippen LogP contribution in [0.2, 0.25) is 0 Å². The summed E-state index contributed by atoms with van der Waals surface area (Å²) in [5.74, 6) is 0.0593. The monoisotopic (exact) mass is 467 g/mol. The molecule has 1 saturated carbocycles. The molecule has 0 aliphatic heterocycles. The lowest BCUT2D eigenvalue weighted by atomic mass is 10.0. The Morgan fingerprint density at radius 2 is 1.94 bits per heavy atom.